The summed E-state index contributed by atoms with van der Waals surface area (Å²) < 4.78 is 11.5. The summed E-state index contributed by atoms with van der Waals surface area (Å²) in [5, 5.41) is 6.03. The average Bonchev–Trinajstić information content (AvgIpc) is 3.05. The van der Waals surface area contributed by atoms with Gasteiger partial charge in [0.25, 0.3) is 0 Å². The molecule has 4 nitrogen and oxygen atoms in total. The van der Waals surface area contributed by atoms with Crippen LogP contribution < -0.4 is 10.5 Å². The number of ether oxygens (including phenoxy) is 1. The number of halogens is 1. The van der Waals surface area contributed by atoms with E-state index in [9.17, 15) is 0 Å². The van der Waals surface area contributed by atoms with Gasteiger partial charge >= 0.3 is 0 Å². The zero-order valence-electron chi connectivity index (χ0n) is 10.6. The SMILES string of the molecule is COc1ccsc1-c1noc(N)c1-c1ccc(Br)cc1. The van der Waals surface area contributed by atoms with E-state index in [0.29, 0.717) is 11.6 Å². The maximum absolute atomic E-state index is 5.93. The van der Waals surface area contributed by atoms with Crippen LogP contribution in [0.1, 0.15) is 0 Å². The van der Waals surface area contributed by atoms with Crippen molar-refractivity contribution in [3.63, 3.8) is 0 Å². The first-order chi connectivity index (χ1) is 9.70. The van der Waals surface area contributed by atoms with Gasteiger partial charge in [0.15, 0.2) is 0 Å². The van der Waals surface area contributed by atoms with Crippen LogP contribution in [0.2, 0.25) is 0 Å². The fraction of sp³-hybridized carbons (Fsp3) is 0.0714. The summed E-state index contributed by atoms with van der Waals surface area (Å²) in [4.78, 5) is 0.908. The normalized spacial score (nSPS) is 10.7. The van der Waals surface area contributed by atoms with E-state index in [-0.39, 0.29) is 0 Å². The molecule has 0 saturated carbocycles. The van der Waals surface area contributed by atoms with Gasteiger partial charge in [-0.25, -0.2) is 0 Å². The highest BCUT2D eigenvalue weighted by molar-refractivity contribution is 9.10. The van der Waals surface area contributed by atoms with Crippen molar-refractivity contribution < 1.29 is 9.26 Å². The van der Waals surface area contributed by atoms with Gasteiger partial charge in [-0.05, 0) is 29.1 Å². The molecule has 0 atom stereocenters. The zero-order valence-corrected chi connectivity index (χ0v) is 13.0. The van der Waals surface area contributed by atoms with Crippen molar-refractivity contribution in [1.29, 1.82) is 0 Å². The van der Waals surface area contributed by atoms with E-state index in [1.54, 1.807) is 18.4 Å². The standard InChI is InChI=1S/C14H11BrN2O2S/c1-18-10-6-7-20-13(10)12-11(14(16)19-17-12)8-2-4-9(15)5-3-8/h2-7H,16H2,1H3. The number of hydrogen-bond acceptors (Lipinski definition) is 5. The molecule has 102 valence electrons. The van der Waals surface area contributed by atoms with Crippen LogP contribution in [0.15, 0.2) is 44.7 Å². The van der Waals surface area contributed by atoms with Crippen LogP contribution in [0.25, 0.3) is 21.7 Å². The van der Waals surface area contributed by atoms with Crippen LogP contribution in [-0.2, 0) is 0 Å². The maximum Gasteiger partial charge on any atom is 0.230 e. The van der Waals surface area contributed by atoms with Gasteiger partial charge in [-0.1, -0.05) is 33.2 Å². The maximum atomic E-state index is 5.93. The number of aromatic nitrogens is 1. The number of hydrogen-bond donors (Lipinski definition) is 1. The Morgan fingerprint density at radius 3 is 2.70 bits per heavy atom. The van der Waals surface area contributed by atoms with Crippen molar-refractivity contribution in [2.45, 2.75) is 0 Å². The second-order valence-electron chi connectivity index (χ2n) is 4.10. The molecule has 1 aromatic carbocycles. The molecule has 6 heteroatoms. The Morgan fingerprint density at radius 2 is 2.00 bits per heavy atom. The monoisotopic (exact) mass is 350 g/mol. The lowest BCUT2D eigenvalue weighted by atomic mass is 10.0. The average molecular weight is 351 g/mol. The minimum absolute atomic E-state index is 0.303. The van der Waals surface area contributed by atoms with Crippen molar-refractivity contribution in [3.05, 3.63) is 40.2 Å². The van der Waals surface area contributed by atoms with Gasteiger partial charge in [-0.3, -0.25) is 0 Å². The first kappa shape index (κ1) is 13.2. The lowest BCUT2D eigenvalue weighted by molar-refractivity contribution is 0.416. The molecule has 0 saturated heterocycles. The van der Waals surface area contributed by atoms with Crippen molar-refractivity contribution in [2.24, 2.45) is 0 Å². The van der Waals surface area contributed by atoms with Gasteiger partial charge in [0.1, 0.15) is 11.4 Å². The molecule has 2 heterocycles. The Balaban J connectivity index is 2.17. The second-order valence-corrected chi connectivity index (χ2v) is 5.93. The summed E-state index contributed by atoms with van der Waals surface area (Å²) in [6.07, 6.45) is 0. The third-order valence-corrected chi connectivity index (χ3v) is 4.35. The van der Waals surface area contributed by atoms with E-state index < -0.39 is 0 Å². The van der Waals surface area contributed by atoms with E-state index in [0.717, 1.165) is 26.2 Å². The van der Waals surface area contributed by atoms with Crippen LogP contribution in [0.3, 0.4) is 0 Å². The molecule has 0 unspecified atom stereocenters. The molecule has 2 aromatic heterocycles. The smallest absolute Gasteiger partial charge is 0.230 e. The Bertz CT molecular complexity index is 734. The molecule has 0 radical (unpaired) electrons. The number of nitrogens with two attached hydrogens (primary N) is 1. The Morgan fingerprint density at radius 1 is 1.25 bits per heavy atom. The Labute approximate surface area is 128 Å². The van der Waals surface area contributed by atoms with Crippen molar-refractivity contribution >= 4 is 33.2 Å². The number of benzene rings is 1. The number of nitrogens with zero attached hydrogens (tertiary/aromatic N) is 1. The summed E-state index contributed by atoms with van der Waals surface area (Å²) in [5.74, 6) is 1.07. The highest BCUT2D eigenvalue weighted by Crippen LogP contribution is 2.42. The number of rotatable bonds is 3. The molecular weight excluding hydrogens is 340 g/mol. The number of nitrogen functional groups attached to an aromatic ring is 1. The van der Waals surface area contributed by atoms with Gasteiger partial charge in [0.2, 0.25) is 5.88 Å². The summed E-state index contributed by atoms with van der Waals surface area (Å²) in [6, 6.07) is 9.75. The number of methoxy groups -OCH3 is 1. The predicted molar refractivity (Wildman–Crippen MR) is 83.9 cm³/mol. The van der Waals surface area contributed by atoms with Crippen molar-refractivity contribution in [2.75, 3.05) is 12.8 Å². The van der Waals surface area contributed by atoms with E-state index in [1.807, 2.05) is 35.7 Å². The van der Waals surface area contributed by atoms with Gasteiger partial charge in [-0.15, -0.1) is 11.3 Å². The third-order valence-electron chi connectivity index (χ3n) is 2.92. The van der Waals surface area contributed by atoms with Crippen molar-refractivity contribution in [3.8, 4) is 27.4 Å². The summed E-state index contributed by atoms with van der Waals surface area (Å²) in [5.41, 5.74) is 8.38. The first-order valence-electron chi connectivity index (χ1n) is 5.83. The fourth-order valence-corrected chi connectivity index (χ4v) is 3.09. The Kier molecular flexibility index (Phi) is 3.50. The largest absolute Gasteiger partial charge is 0.495 e. The number of anilines is 1. The molecule has 0 aliphatic rings. The van der Waals surface area contributed by atoms with Crippen LogP contribution in [0, 0.1) is 0 Å². The lowest BCUT2D eigenvalue weighted by Crippen LogP contribution is -1.88. The summed E-state index contributed by atoms with van der Waals surface area (Å²) >= 11 is 4.96. The molecule has 20 heavy (non-hydrogen) atoms. The zero-order chi connectivity index (χ0) is 14.1. The van der Waals surface area contributed by atoms with E-state index in [4.69, 9.17) is 15.0 Å². The van der Waals surface area contributed by atoms with Crippen molar-refractivity contribution in [1.82, 2.24) is 5.16 Å². The highest BCUT2D eigenvalue weighted by Gasteiger charge is 2.21. The summed E-state index contributed by atoms with van der Waals surface area (Å²) in [7, 11) is 1.63. The third kappa shape index (κ3) is 2.21. The molecule has 3 rings (SSSR count). The molecule has 3 aromatic rings. The van der Waals surface area contributed by atoms with Gasteiger partial charge < -0.3 is 15.0 Å². The molecule has 0 aliphatic heterocycles. The van der Waals surface area contributed by atoms with E-state index in [2.05, 4.69) is 21.1 Å². The minimum Gasteiger partial charge on any atom is -0.495 e. The minimum atomic E-state index is 0.303. The molecule has 0 fully saturated rings. The molecule has 0 aliphatic carbocycles. The summed E-state index contributed by atoms with van der Waals surface area (Å²) in [6.45, 7) is 0. The van der Waals surface area contributed by atoms with E-state index >= 15 is 0 Å². The first-order valence-corrected chi connectivity index (χ1v) is 7.51. The fourth-order valence-electron chi connectivity index (χ4n) is 1.98. The molecule has 0 bridgehead atoms. The molecule has 0 amide bonds. The van der Waals surface area contributed by atoms with Gasteiger partial charge in [0.05, 0.1) is 17.6 Å². The van der Waals surface area contributed by atoms with Crippen LogP contribution in [-0.4, -0.2) is 12.3 Å². The molecular formula is C14H11BrN2O2S. The van der Waals surface area contributed by atoms with Crippen LogP contribution >= 0.6 is 27.3 Å². The molecule has 2 N–H and O–H groups in total. The number of thiophene rings is 1. The Hall–Kier alpha value is -1.79. The topological polar surface area (TPSA) is 61.3 Å². The highest BCUT2D eigenvalue weighted by atomic mass is 79.9. The lowest BCUT2D eigenvalue weighted by Gasteiger charge is -2.03. The van der Waals surface area contributed by atoms with Gasteiger partial charge in [-0.2, -0.15) is 0 Å². The molecule has 0 spiro atoms. The van der Waals surface area contributed by atoms with Crippen LogP contribution in [0.5, 0.6) is 5.75 Å². The predicted octanol–water partition coefficient (Wildman–Crippen LogP) is 4.42. The van der Waals surface area contributed by atoms with Crippen LogP contribution in [0.4, 0.5) is 5.88 Å². The quantitative estimate of drug-likeness (QED) is 0.759. The van der Waals surface area contributed by atoms with E-state index in [1.165, 1.54) is 0 Å². The second kappa shape index (κ2) is 5.30. The van der Waals surface area contributed by atoms with Gasteiger partial charge in [0, 0.05) is 4.47 Å².